The van der Waals surface area contributed by atoms with Gasteiger partial charge in [0.15, 0.2) is 5.82 Å². The van der Waals surface area contributed by atoms with Gasteiger partial charge >= 0.3 is 0 Å². The quantitative estimate of drug-likeness (QED) is 0.433. The molecule has 1 aliphatic heterocycles. The van der Waals surface area contributed by atoms with Crippen LogP contribution in [0.3, 0.4) is 0 Å². The van der Waals surface area contributed by atoms with Crippen LogP contribution in [0.5, 0.6) is 0 Å². The first-order valence-electron chi connectivity index (χ1n) is 9.26. The number of anilines is 1. The maximum Gasteiger partial charge on any atom is 0.270 e. The summed E-state index contributed by atoms with van der Waals surface area (Å²) in [6.45, 7) is 7.52. The Balaban J connectivity index is 1.55. The molecule has 2 aromatic rings. The highest BCUT2D eigenvalue weighted by Crippen LogP contribution is 2.22. The predicted molar refractivity (Wildman–Crippen MR) is 104 cm³/mol. The van der Waals surface area contributed by atoms with Gasteiger partial charge in [-0.25, -0.2) is 9.97 Å². The molecule has 0 aliphatic carbocycles. The third-order valence-electron chi connectivity index (χ3n) is 4.48. The number of unbranched alkanes of at least 4 members (excludes halogenated alkanes) is 1. The van der Waals surface area contributed by atoms with E-state index in [0.717, 1.165) is 63.7 Å². The van der Waals surface area contributed by atoms with Gasteiger partial charge in [-0.1, -0.05) is 12.1 Å². The number of nitro groups is 1. The molecule has 1 saturated heterocycles. The second-order valence-corrected chi connectivity index (χ2v) is 6.61. The van der Waals surface area contributed by atoms with E-state index in [4.69, 9.17) is 4.74 Å². The Kier molecular flexibility index (Phi) is 6.67. The lowest BCUT2D eigenvalue weighted by Crippen LogP contribution is -2.36. The molecular formula is C19H25N5O3. The van der Waals surface area contributed by atoms with Crippen LogP contribution in [-0.4, -0.2) is 59.2 Å². The summed E-state index contributed by atoms with van der Waals surface area (Å²) in [5.74, 6) is 1.24. The largest absolute Gasteiger partial charge is 0.379 e. The summed E-state index contributed by atoms with van der Waals surface area (Å²) in [5.41, 5.74) is 1.50. The first-order chi connectivity index (χ1) is 13.1. The minimum atomic E-state index is -0.410. The molecule has 0 bridgehead atoms. The van der Waals surface area contributed by atoms with E-state index in [-0.39, 0.29) is 5.69 Å². The summed E-state index contributed by atoms with van der Waals surface area (Å²) < 4.78 is 5.36. The van der Waals surface area contributed by atoms with Crippen LogP contribution in [0.1, 0.15) is 18.5 Å². The smallest absolute Gasteiger partial charge is 0.270 e. The maximum atomic E-state index is 11.0. The van der Waals surface area contributed by atoms with Crippen molar-refractivity contribution in [2.45, 2.75) is 19.8 Å². The van der Waals surface area contributed by atoms with Crippen molar-refractivity contribution in [1.29, 1.82) is 0 Å². The van der Waals surface area contributed by atoms with E-state index < -0.39 is 4.92 Å². The second-order valence-electron chi connectivity index (χ2n) is 6.61. The van der Waals surface area contributed by atoms with E-state index in [2.05, 4.69) is 20.2 Å². The Morgan fingerprint density at radius 3 is 2.81 bits per heavy atom. The normalized spacial score (nSPS) is 14.9. The van der Waals surface area contributed by atoms with Crippen LogP contribution >= 0.6 is 0 Å². The lowest BCUT2D eigenvalue weighted by Gasteiger charge is -2.26. The molecule has 0 unspecified atom stereocenters. The van der Waals surface area contributed by atoms with Crippen LogP contribution in [0.4, 0.5) is 11.5 Å². The molecule has 0 radical (unpaired) electrons. The van der Waals surface area contributed by atoms with Gasteiger partial charge in [0.05, 0.1) is 18.1 Å². The highest BCUT2D eigenvalue weighted by atomic mass is 16.6. The van der Waals surface area contributed by atoms with Crippen LogP contribution in [0.15, 0.2) is 30.3 Å². The van der Waals surface area contributed by atoms with Gasteiger partial charge in [0.2, 0.25) is 0 Å². The molecule has 8 heteroatoms. The van der Waals surface area contributed by atoms with E-state index in [1.54, 1.807) is 12.1 Å². The molecular weight excluding hydrogens is 346 g/mol. The zero-order valence-electron chi connectivity index (χ0n) is 15.6. The number of non-ortho nitro benzene ring substituents is 1. The lowest BCUT2D eigenvalue weighted by molar-refractivity contribution is -0.384. The Labute approximate surface area is 158 Å². The van der Waals surface area contributed by atoms with Gasteiger partial charge in [-0.05, 0) is 26.3 Å². The Morgan fingerprint density at radius 2 is 2.04 bits per heavy atom. The zero-order chi connectivity index (χ0) is 19.1. The van der Waals surface area contributed by atoms with Gasteiger partial charge in [-0.2, -0.15) is 0 Å². The molecule has 0 saturated carbocycles. The van der Waals surface area contributed by atoms with Crippen molar-refractivity contribution in [2.75, 3.05) is 44.7 Å². The molecule has 1 N–H and O–H groups in total. The van der Waals surface area contributed by atoms with Gasteiger partial charge in [0.1, 0.15) is 5.82 Å². The molecule has 144 valence electrons. The van der Waals surface area contributed by atoms with Crippen molar-refractivity contribution in [3.05, 3.63) is 46.1 Å². The van der Waals surface area contributed by atoms with Crippen molar-refractivity contribution in [2.24, 2.45) is 0 Å². The van der Waals surface area contributed by atoms with Gasteiger partial charge in [-0.3, -0.25) is 15.0 Å². The number of ether oxygens (including phenoxy) is 1. The SMILES string of the molecule is Cc1cc(NCCCCN2CCOCC2)nc(-c2cccc([N+](=O)[O-])c2)n1. The third-order valence-corrected chi connectivity index (χ3v) is 4.48. The third kappa shape index (κ3) is 5.70. The minimum Gasteiger partial charge on any atom is -0.379 e. The number of nitro benzene ring substituents is 1. The van der Waals surface area contributed by atoms with Gasteiger partial charge < -0.3 is 10.1 Å². The van der Waals surface area contributed by atoms with Gasteiger partial charge in [-0.15, -0.1) is 0 Å². The Bertz CT molecular complexity index is 778. The van der Waals surface area contributed by atoms with E-state index in [1.165, 1.54) is 12.1 Å². The average Bonchev–Trinajstić information content (AvgIpc) is 2.68. The molecule has 1 aliphatic rings. The number of rotatable bonds is 8. The molecule has 8 nitrogen and oxygen atoms in total. The van der Waals surface area contributed by atoms with Gasteiger partial charge in [0.25, 0.3) is 5.69 Å². The predicted octanol–water partition coefficient (Wildman–Crippen LogP) is 2.88. The highest BCUT2D eigenvalue weighted by molar-refractivity contribution is 5.61. The molecule has 0 atom stereocenters. The zero-order valence-corrected chi connectivity index (χ0v) is 15.6. The fourth-order valence-corrected chi connectivity index (χ4v) is 3.05. The number of nitrogens with one attached hydrogen (secondary N) is 1. The summed E-state index contributed by atoms with van der Waals surface area (Å²) >= 11 is 0. The number of aromatic nitrogens is 2. The van der Waals surface area contributed by atoms with Gasteiger partial charge in [0, 0.05) is 49.1 Å². The molecule has 3 rings (SSSR count). The van der Waals surface area contributed by atoms with Crippen molar-refractivity contribution in [3.63, 3.8) is 0 Å². The van der Waals surface area contributed by atoms with Crippen LogP contribution in [0.25, 0.3) is 11.4 Å². The molecule has 1 aromatic heterocycles. The first kappa shape index (κ1) is 19.2. The minimum absolute atomic E-state index is 0.0372. The Morgan fingerprint density at radius 1 is 1.22 bits per heavy atom. The first-order valence-corrected chi connectivity index (χ1v) is 9.26. The van der Waals surface area contributed by atoms with Crippen LogP contribution in [-0.2, 0) is 4.74 Å². The highest BCUT2D eigenvalue weighted by Gasteiger charge is 2.11. The molecule has 1 aromatic carbocycles. The van der Waals surface area contributed by atoms with Crippen molar-refractivity contribution in [3.8, 4) is 11.4 Å². The number of nitrogens with zero attached hydrogens (tertiary/aromatic N) is 4. The molecule has 27 heavy (non-hydrogen) atoms. The fourth-order valence-electron chi connectivity index (χ4n) is 3.05. The average molecular weight is 371 g/mol. The number of aryl methyl sites for hydroxylation is 1. The summed E-state index contributed by atoms with van der Waals surface area (Å²) in [6, 6.07) is 8.29. The van der Waals surface area contributed by atoms with E-state index in [1.807, 2.05) is 13.0 Å². The Hall–Kier alpha value is -2.58. The number of morpholine rings is 1. The molecule has 0 amide bonds. The van der Waals surface area contributed by atoms with Crippen LogP contribution in [0, 0.1) is 17.0 Å². The molecule has 2 heterocycles. The summed E-state index contributed by atoms with van der Waals surface area (Å²) in [6.07, 6.45) is 2.17. The number of hydrogen-bond donors (Lipinski definition) is 1. The second kappa shape index (κ2) is 9.38. The lowest BCUT2D eigenvalue weighted by atomic mass is 10.2. The maximum absolute atomic E-state index is 11.0. The molecule has 1 fully saturated rings. The van der Waals surface area contributed by atoms with E-state index in [9.17, 15) is 10.1 Å². The van der Waals surface area contributed by atoms with Crippen molar-refractivity contribution >= 4 is 11.5 Å². The topological polar surface area (TPSA) is 93.4 Å². The number of benzene rings is 1. The van der Waals surface area contributed by atoms with Crippen LogP contribution in [0.2, 0.25) is 0 Å². The van der Waals surface area contributed by atoms with Crippen molar-refractivity contribution < 1.29 is 9.66 Å². The summed E-state index contributed by atoms with van der Waals surface area (Å²) in [4.78, 5) is 21.9. The van der Waals surface area contributed by atoms with E-state index >= 15 is 0 Å². The van der Waals surface area contributed by atoms with Crippen molar-refractivity contribution in [1.82, 2.24) is 14.9 Å². The summed E-state index contributed by atoms with van der Waals surface area (Å²) in [7, 11) is 0. The standard InChI is InChI=1S/C19H25N5O3/c1-15-13-18(20-7-2-3-8-23-9-11-27-12-10-23)22-19(21-15)16-5-4-6-17(14-16)24(25)26/h4-6,13-14H,2-3,7-12H2,1H3,(H,20,21,22). The summed E-state index contributed by atoms with van der Waals surface area (Å²) in [5, 5.41) is 14.3. The van der Waals surface area contributed by atoms with E-state index in [0.29, 0.717) is 11.4 Å². The number of hydrogen-bond acceptors (Lipinski definition) is 7. The van der Waals surface area contributed by atoms with Crippen LogP contribution < -0.4 is 5.32 Å². The molecule has 0 spiro atoms. The fraction of sp³-hybridized carbons (Fsp3) is 0.474. The monoisotopic (exact) mass is 371 g/mol.